The van der Waals surface area contributed by atoms with Crippen LogP contribution in [0.4, 0.5) is 0 Å². The molecular formula is C15H20BrNO2. The van der Waals surface area contributed by atoms with E-state index in [4.69, 9.17) is 4.74 Å². The second-order valence-electron chi connectivity index (χ2n) is 6.19. The van der Waals surface area contributed by atoms with E-state index >= 15 is 0 Å². The zero-order chi connectivity index (χ0) is 14.4. The zero-order valence-electron chi connectivity index (χ0n) is 12.0. The molecule has 1 saturated carbocycles. The van der Waals surface area contributed by atoms with Crippen LogP contribution < -0.4 is 10.1 Å². The SMILES string of the molecule is COc1cc(Br)ccc1C(=O)NC1C(C)(C)C1(C)C. The molecule has 1 amide bonds. The molecule has 4 heteroatoms. The standard InChI is InChI=1S/C15H20BrNO2/c1-14(2)13(15(14,3)4)17-12(18)10-7-6-9(16)8-11(10)19-5/h6-8,13H,1-5H3,(H,17,18). The van der Waals surface area contributed by atoms with Crippen molar-refractivity contribution in [1.82, 2.24) is 5.32 Å². The molecule has 2 rings (SSSR count). The monoisotopic (exact) mass is 325 g/mol. The van der Waals surface area contributed by atoms with Gasteiger partial charge in [-0.2, -0.15) is 0 Å². The van der Waals surface area contributed by atoms with Gasteiger partial charge in [-0.1, -0.05) is 43.6 Å². The molecule has 1 N–H and O–H groups in total. The van der Waals surface area contributed by atoms with Gasteiger partial charge in [-0.25, -0.2) is 0 Å². The fourth-order valence-corrected chi connectivity index (χ4v) is 2.96. The van der Waals surface area contributed by atoms with Crippen LogP contribution in [0.1, 0.15) is 38.1 Å². The van der Waals surface area contributed by atoms with Gasteiger partial charge in [0.2, 0.25) is 0 Å². The molecule has 0 unspecified atom stereocenters. The molecule has 0 atom stereocenters. The van der Waals surface area contributed by atoms with Gasteiger partial charge in [-0.3, -0.25) is 4.79 Å². The Morgan fingerprint density at radius 3 is 2.32 bits per heavy atom. The van der Waals surface area contributed by atoms with Crippen molar-refractivity contribution in [2.75, 3.05) is 7.11 Å². The molecule has 0 aliphatic heterocycles. The maximum atomic E-state index is 12.4. The Morgan fingerprint density at radius 1 is 1.26 bits per heavy atom. The first-order valence-corrected chi connectivity index (χ1v) is 7.15. The second kappa shape index (κ2) is 4.51. The fourth-order valence-electron chi connectivity index (χ4n) is 2.62. The number of carbonyl (C=O) groups is 1. The number of hydrogen-bond donors (Lipinski definition) is 1. The van der Waals surface area contributed by atoms with Crippen molar-refractivity contribution in [1.29, 1.82) is 0 Å². The van der Waals surface area contributed by atoms with Gasteiger partial charge in [0.25, 0.3) is 5.91 Å². The van der Waals surface area contributed by atoms with E-state index in [0.29, 0.717) is 11.3 Å². The van der Waals surface area contributed by atoms with Crippen molar-refractivity contribution in [3.05, 3.63) is 28.2 Å². The molecule has 1 aromatic rings. The number of hydrogen-bond acceptors (Lipinski definition) is 2. The normalized spacial score (nSPS) is 19.9. The molecule has 0 saturated heterocycles. The summed E-state index contributed by atoms with van der Waals surface area (Å²) in [6, 6.07) is 5.63. The molecule has 3 nitrogen and oxygen atoms in total. The summed E-state index contributed by atoms with van der Waals surface area (Å²) in [7, 11) is 1.57. The van der Waals surface area contributed by atoms with Gasteiger partial charge in [-0.15, -0.1) is 0 Å². The van der Waals surface area contributed by atoms with E-state index in [1.165, 1.54) is 0 Å². The largest absolute Gasteiger partial charge is 0.496 e. The number of benzene rings is 1. The number of nitrogens with one attached hydrogen (secondary N) is 1. The predicted molar refractivity (Wildman–Crippen MR) is 79.5 cm³/mol. The summed E-state index contributed by atoms with van der Waals surface area (Å²) in [5.74, 6) is 0.510. The molecule has 1 fully saturated rings. The van der Waals surface area contributed by atoms with E-state index < -0.39 is 0 Å². The summed E-state index contributed by atoms with van der Waals surface area (Å²) >= 11 is 3.37. The highest BCUT2D eigenvalue weighted by Crippen LogP contribution is 2.62. The lowest BCUT2D eigenvalue weighted by atomic mass is 10.0. The quantitative estimate of drug-likeness (QED) is 0.921. The summed E-state index contributed by atoms with van der Waals surface area (Å²) in [6.07, 6.45) is 0. The molecular weight excluding hydrogens is 306 g/mol. The first kappa shape index (κ1) is 14.4. The fraction of sp³-hybridized carbons (Fsp3) is 0.533. The molecule has 0 radical (unpaired) electrons. The molecule has 19 heavy (non-hydrogen) atoms. The van der Waals surface area contributed by atoms with Crippen LogP contribution in [0.2, 0.25) is 0 Å². The Labute approximate surface area is 122 Å². The molecule has 0 aromatic heterocycles. The minimum atomic E-state index is -0.0759. The molecule has 0 spiro atoms. The number of amides is 1. The Morgan fingerprint density at radius 2 is 1.84 bits per heavy atom. The third-order valence-electron chi connectivity index (χ3n) is 4.70. The van der Waals surface area contributed by atoms with Gasteiger partial charge in [0.15, 0.2) is 0 Å². The predicted octanol–water partition coefficient (Wildman–Crippen LogP) is 3.62. The van der Waals surface area contributed by atoms with Gasteiger partial charge in [0.05, 0.1) is 12.7 Å². The zero-order valence-corrected chi connectivity index (χ0v) is 13.6. The van der Waals surface area contributed by atoms with Crippen LogP contribution in [-0.4, -0.2) is 19.1 Å². The summed E-state index contributed by atoms with van der Waals surface area (Å²) in [4.78, 5) is 12.4. The van der Waals surface area contributed by atoms with Crippen LogP contribution in [0.15, 0.2) is 22.7 Å². The number of carbonyl (C=O) groups excluding carboxylic acids is 1. The second-order valence-corrected chi connectivity index (χ2v) is 7.11. The van der Waals surface area contributed by atoms with Gasteiger partial charge >= 0.3 is 0 Å². The van der Waals surface area contributed by atoms with Crippen LogP contribution in [0.5, 0.6) is 5.75 Å². The smallest absolute Gasteiger partial charge is 0.255 e. The van der Waals surface area contributed by atoms with Crippen molar-refractivity contribution in [3.8, 4) is 5.75 Å². The number of methoxy groups -OCH3 is 1. The molecule has 1 aromatic carbocycles. The Kier molecular flexibility index (Phi) is 3.42. The van der Waals surface area contributed by atoms with Crippen molar-refractivity contribution in [2.45, 2.75) is 33.7 Å². The molecule has 104 valence electrons. The maximum absolute atomic E-state index is 12.4. The Balaban J connectivity index is 2.18. The average Bonchev–Trinajstić information content (AvgIpc) is 2.71. The lowest BCUT2D eigenvalue weighted by Crippen LogP contribution is -2.30. The highest BCUT2D eigenvalue weighted by Gasteiger charge is 2.65. The van der Waals surface area contributed by atoms with E-state index in [1.54, 1.807) is 19.2 Å². The van der Waals surface area contributed by atoms with E-state index in [2.05, 4.69) is 48.9 Å². The first-order chi connectivity index (χ1) is 8.71. The number of halogens is 1. The lowest BCUT2D eigenvalue weighted by molar-refractivity contribution is 0.0940. The highest BCUT2D eigenvalue weighted by molar-refractivity contribution is 9.10. The van der Waals surface area contributed by atoms with Crippen LogP contribution in [0.25, 0.3) is 0 Å². The van der Waals surface area contributed by atoms with Crippen molar-refractivity contribution >= 4 is 21.8 Å². The Hall–Kier alpha value is -1.03. The topological polar surface area (TPSA) is 38.3 Å². The van der Waals surface area contributed by atoms with Gasteiger partial charge in [-0.05, 0) is 29.0 Å². The van der Waals surface area contributed by atoms with Crippen LogP contribution in [-0.2, 0) is 0 Å². The third kappa shape index (κ3) is 2.27. The number of rotatable bonds is 3. The Bertz CT molecular complexity index is 509. The van der Waals surface area contributed by atoms with Gasteiger partial charge in [0, 0.05) is 10.5 Å². The van der Waals surface area contributed by atoms with Crippen molar-refractivity contribution in [3.63, 3.8) is 0 Å². The van der Waals surface area contributed by atoms with Crippen LogP contribution in [0, 0.1) is 10.8 Å². The van der Waals surface area contributed by atoms with Crippen molar-refractivity contribution < 1.29 is 9.53 Å². The average molecular weight is 326 g/mol. The summed E-state index contributed by atoms with van der Waals surface area (Å²) in [5.41, 5.74) is 0.834. The first-order valence-electron chi connectivity index (χ1n) is 6.36. The number of ether oxygens (including phenoxy) is 1. The molecule has 1 aliphatic rings. The van der Waals surface area contributed by atoms with E-state index in [1.807, 2.05) is 6.07 Å². The summed E-state index contributed by atoms with van der Waals surface area (Å²) < 4.78 is 6.16. The van der Waals surface area contributed by atoms with E-state index in [0.717, 1.165) is 4.47 Å². The molecule has 1 aliphatic carbocycles. The maximum Gasteiger partial charge on any atom is 0.255 e. The summed E-state index contributed by atoms with van der Waals surface area (Å²) in [6.45, 7) is 8.71. The summed E-state index contributed by atoms with van der Waals surface area (Å²) in [5, 5.41) is 3.11. The highest BCUT2D eigenvalue weighted by atomic mass is 79.9. The van der Waals surface area contributed by atoms with Crippen LogP contribution >= 0.6 is 15.9 Å². The minimum absolute atomic E-state index is 0.0759. The molecule has 0 bridgehead atoms. The third-order valence-corrected chi connectivity index (χ3v) is 5.20. The van der Waals surface area contributed by atoms with Crippen LogP contribution in [0.3, 0.4) is 0 Å². The van der Waals surface area contributed by atoms with Gasteiger partial charge < -0.3 is 10.1 Å². The minimum Gasteiger partial charge on any atom is -0.496 e. The van der Waals surface area contributed by atoms with E-state index in [9.17, 15) is 4.79 Å². The van der Waals surface area contributed by atoms with Crippen molar-refractivity contribution in [2.24, 2.45) is 10.8 Å². The van der Waals surface area contributed by atoms with E-state index in [-0.39, 0.29) is 22.8 Å². The lowest BCUT2D eigenvalue weighted by Gasteiger charge is -2.11. The van der Waals surface area contributed by atoms with Gasteiger partial charge in [0.1, 0.15) is 5.75 Å². The molecule has 0 heterocycles.